The van der Waals surface area contributed by atoms with Crippen LogP contribution in [0.2, 0.25) is 0 Å². The molecule has 0 aromatic heterocycles. The van der Waals surface area contributed by atoms with Gasteiger partial charge >= 0.3 is 6.09 Å². The normalized spacial score (nSPS) is 22.3. The highest BCUT2D eigenvalue weighted by atomic mass is 16.6. The highest BCUT2D eigenvalue weighted by Crippen LogP contribution is 2.29. The molecule has 0 unspecified atom stereocenters. The number of hydrogen-bond donors (Lipinski definition) is 0. The largest absolute Gasteiger partial charge is 0.450 e. The molecule has 0 spiro atoms. The Labute approximate surface area is 155 Å². The van der Waals surface area contributed by atoms with E-state index in [1.807, 2.05) is 25.1 Å². The highest BCUT2D eigenvalue weighted by Gasteiger charge is 2.36. The molecule has 0 aliphatic carbocycles. The molecule has 0 saturated carbocycles. The monoisotopic (exact) mass is 359 g/mol. The van der Waals surface area contributed by atoms with Crippen LogP contribution in [0.4, 0.5) is 4.79 Å². The molecular formula is C20H29N3O3. The summed E-state index contributed by atoms with van der Waals surface area (Å²) in [4.78, 5) is 31.1. The Morgan fingerprint density at radius 2 is 1.77 bits per heavy atom. The van der Waals surface area contributed by atoms with Crippen LogP contribution in [-0.4, -0.2) is 73.1 Å². The molecule has 2 aliphatic rings. The fraction of sp³-hybridized carbons (Fsp3) is 0.600. The van der Waals surface area contributed by atoms with Gasteiger partial charge in [-0.15, -0.1) is 0 Å². The summed E-state index contributed by atoms with van der Waals surface area (Å²) in [5.74, 6) is 0.228. The maximum Gasteiger partial charge on any atom is 0.409 e. The van der Waals surface area contributed by atoms with Gasteiger partial charge in [-0.2, -0.15) is 0 Å². The van der Waals surface area contributed by atoms with E-state index in [-0.39, 0.29) is 24.0 Å². The summed E-state index contributed by atoms with van der Waals surface area (Å²) in [6, 6.07) is 10.4. The van der Waals surface area contributed by atoms with Gasteiger partial charge in [0.25, 0.3) is 0 Å². The number of amides is 2. The summed E-state index contributed by atoms with van der Waals surface area (Å²) in [5.41, 5.74) is 1.19. The van der Waals surface area contributed by atoms with Crippen LogP contribution < -0.4 is 0 Å². The van der Waals surface area contributed by atoms with Crippen LogP contribution in [0.5, 0.6) is 0 Å². The average Bonchev–Trinajstić information content (AvgIpc) is 2.68. The summed E-state index contributed by atoms with van der Waals surface area (Å²) >= 11 is 0. The highest BCUT2D eigenvalue weighted by molar-refractivity contribution is 5.80. The van der Waals surface area contributed by atoms with Gasteiger partial charge in [-0.3, -0.25) is 4.79 Å². The Morgan fingerprint density at radius 3 is 2.42 bits per heavy atom. The number of carbonyl (C=O) groups is 2. The fourth-order valence-electron chi connectivity index (χ4n) is 3.90. The van der Waals surface area contributed by atoms with E-state index in [0.717, 1.165) is 19.6 Å². The maximum absolute atomic E-state index is 13.2. The SMILES string of the molecule is CCOC(=O)N1CCC(C(=O)N2CCN(C)C[C@@H]2c2ccccc2)CC1. The smallest absolute Gasteiger partial charge is 0.409 e. The van der Waals surface area contributed by atoms with Crippen molar-refractivity contribution < 1.29 is 14.3 Å². The van der Waals surface area contributed by atoms with Crippen molar-refractivity contribution in [2.45, 2.75) is 25.8 Å². The average molecular weight is 359 g/mol. The molecule has 3 rings (SSSR count). The fourth-order valence-corrected chi connectivity index (χ4v) is 3.90. The van der Waals surface area contributed by atoms with Gasteiger partial charge < -0.3 is 19.4 Å². The number of likely N-dealkylation sites (tertiary alicyclic amines) is 1. The molecule has 1 aromatic rings. The van der Waals surface area contributed by atoms with Gasteiger partial charge in [0, 0.05) is 38.6 Å². The Bertz CT molecular complexity index is 614. The Morgan fingerprint density at radius 1 is 1.08 bits per heavy atom. The molecule has 0 N–H and O–H groups in total. The van der Waals surface area contributed by atoms with Crippen LogP contribution in [0.25, 0.3) is 0 Å². The lowest BCUT2D eigenvalue weighted by atomic mass is 9.93. The number of ether oxygens (including phenoxy) is 1. The third-order valence-electron chi connectivity index (χ3n) is 5.42. The van der Waals surface area contributed by atoms with E-state index >= 15 is 0 Å². The van der Waals surface area contributed by atoms with Gasteiger partial charge in [0.2, 0.25) is 5.91 Å². The maximum atomic E-state index is 13.2. The van der Waals surface area contributed by atoms with Crippen molar-refractivity contribution in [3.8, 4) is 0 Å². The predicted octanol–water partition coefficient (Wildman–Crippen LogP) is 2.37. The van der Waals surface area contributed by atoms with Crippen molar-refractivity contribution in [2.75, 3.05) is 46.4 Å². The minimum absolute atomic E-state index is 0.00436. The Balaban J connectivity index is 1.65. The quantitative estimate of drug-likeness (QED) is 0.831. The molecule has 0 bridgehead atoms. The Kier molecular flexibility index (Phi) is 6.14. The van der Waals surface area contributed by atoms with Crippen LogP contribution in [-0.2, 0) is 9.53 Å². The molecule has 2 amide bonds. The summed E-state index contributed by atoms with van der Waals surface area (Å²) in [5, 5.41) is 0. The van der Waals surface area contributed by atoms with Crippen molar-refractivity contribution >= 4 is 12.0 Å². The van der Waals surface area contributed by atoms with Gasteiger partial charge in [0.05, 0.1) is 12.6 Å². The second kappa shape index (κ2) is 8.54. The van der Waals surface area contributed by atoms with Crippen molar-refractivity contribution in [3.63, 3.8) is 0 Å². The molecule has 2 fully saturated rings. The number of rotatable bonds is 3. The summed E-state index contributed by atoms with van der Waals surface area (Å²) in [7, 11) is 2.11. The minimum Gasteiger partial charge on any atom is -0.450 e. The minimum atomic E-state index is -0.264. The summed E-state index contributed by atoms with van der Waals surface area (Å²) in [6.45, 7) is 5.90. The first-order valence-electron chi connectivity index (χ1n) is 9.55. The number of piperidine rings is 1. The number of benzene rings is 1. The number of carbonyl (C=O) groups excluding carboxylic acids is 2. The van der Waals surface area contributed by atoms with Crippen LogP contribution >= 0.6 is 0 Å². The van der Waals surface area contributed by atoms with Crippen LogP contribution in [0.1, 0.15) is 31.4 Å². The van der Waals surface area contributed by atoms with Crippen molar-refractivity contribution in [1.82, 2.24) is 14.7 Å². The molecule has 1 aromatic carbocycles. The molecule has 2 aliphatic heterocycles. The standard InChI is InChI=1S/C20H29N3O3/c1-3-26-20(25)22-11-9-17(10-12-22)19(24)23-14-13-21(2)15-18(23)16-7-5-4-6-8-16/h4-8,17-18H,3,9-15H2,1-2H3/t18-/m1/s1. The lowest BCUT2D eigenvalue weighted by Gasteiger charge is -2.43. The van der Waals surface area contributed by atoms with E-state index in [1.54, 1.807) is 4.90 Å². The van der Waals surface area contributed by atoms with E-state index in [0.29, 0.717) is 32.5 Å². The molecular weight excluding hydrogens is 330 g/mol. The molecule has 2 heterocycles. The molecule has 6 heteroatoms. The van der Waals surface area contributed by atoms with Crippen LogP contribution in [0, 0.1) is 5.92 Å². The third kappa shape index (κ3) is 4.18. The number of piperazine rings is 1. The van der Waals surface area contributed by atoms with Gasteiger partial charge in [-0.05, 0) is 32.4 Å². The first-order chi connectivity index (χ1) is 12.6. The van der Waals surface area contributed by atoms with E-state index in [9.17, 15) is 9.59 Å². The van der Waals surface area contributed by atoms with Crippen molar-refractivity contribution in [1.29, 1.82) is 0 Å². The second-order valence-electron chi connectivity index (χ2n) is 7.18. The second-order valence-corrected chi connectivity index (χ2v) is 7.18. The molecule has 1 atom stereocenters. The molecule has 2 saturated heterocycles. The molecule has 0 radical (unpaired) electrons. The molecule has 142 valence electrons. The zero-order chi connectivity index (χ0) is 18.5. The first kappa shape index (κ1) is 18.7. The zero-order valence-corrected chi connectivity index (χ0v) is 15.8. The zero-order valence-electron chi connectivity index (χ0n) is 15.8. The Hall–Kier alpha value is -2.08. The van der Waals surface area contributed by atoms with E-state index in [4.69, 9.17) is 4.74 Å². The summed E-state index contributed by atoms with van der Waals surface area (Å²) < 4.78 is 5.07. The molecule has 26 heavy (non-hydrogen) atoms. The molecule has 6 nitrogen and oxygen atoms in total. The lowest BCUT2D eigenvalue weighted by Crippen LogP contribution is -2.52. The lowest BCUT2D eigenvalue weighted by molar-refractivity contribution is -0.142. The van der Waals surface area contributed by atoms with Crippen LogP contribution in [0.15, 0.2) is 30.3 Å². The van der Waals surface area contributed by atoms with E-state index in [2.05, 4.69) is 29.0 Å². The van der Waals surface area contributed by atoms with Crippen molar-refractivity contribution in [3.05, 3.63) is 35.9 Å². The van der Waals surface area contributed by atoms with E-state index in [1.165, 1.54) is 5.56 Å². The van der Waals surface area contributed by atoms with Gasteiger partial charge in [0.15, 0.2) is 0 Å². The van der Waals surface area contributed by atoms with E-state index < -0.39 is 0 Å². The topological polar surface area (TPSA) is 53.1 Å². The summed E-state index contributed by atoms with van der Waals surface area (Å²) in [6.07, 6.45) is 1.16. The van der Waals surface area contributed by atoms with Crippen molar-refractivity contribution in [2.24, 2.45) is 5.92 Å². The number of nitrogens with zero attached hydrogens (tertiary/aromatic N) is 3. The van der Waals surface area contributed by atoms with Gasteiger partial charge in [-0.25, -0.2) is 4.79 Å². The van der Waals surface area contributed by atoms with Gasteiger partial charge in [0.1, 0.15) is 0 Å². The number of hydrogen-bond acceptors (Lipinski definition) is 4. The first-order valence-corrected chi connectivity index (χ1v) is 9.55. The third-order valence-corrected chi connectivity index (χ3v) is 5.42. The van der Waals surface area contributed by atoms with Crippen LogP contribution in [0.3, 0.4) is 0 Å². The van der Waals surface area contributed by atoms with Gasteiger partial charge in [-0.1, -0.05) is 30.3 Å². The number of likely N-dealkylation sites (N-methyl/N-ethyl adjacent to an activating group) is 1. The predicted molar refractivity (Wildman–Crippen MR) is 99.7 cm³/mol.